The molecule has 0 saturated carbocycles. The first-order valence-electron chi connectivity index (χ1n) is 12.3. The Morgan fingerprint density at radius 1 is 0.923 bits per heavy atom. The van der Waals surface area contributed by atoms with Gasteiger partial charge in [-0.2, -0.15) is 4.31 Å². The van der Waals surface area contributed by atoms with Gasteiger partial charge in [0.2, 0.25) is 21.8 Å². The number of nitrogens with one attached hydrogen (secondary N) is 3. The zero-order valence-electron chi connectivity index (χ0n) is 21.3. The average Bonchev–Trinajstić information content (AvgIpc) is 3.37. The zero-order valence-corrected chi connectivity index (χ0v) is 23.8. The summed E-state index contributed by atoms with van der Waals surface area (Å²) in [5.41, 5.74) is 2.35. The number of hydrogen-bond acceptors (Lipinski definition) is 8. The summed E-state index contributed by atoms with van der Waals surface area (Å²) in [5.74, 6) is 0.00267. The highest BCUT2D eigenvalue weighted by molar-refractivity contribution is 7.99. The number of piperidine rings is 1. The van der Waals surface area contributed by atoms with Crippen molar-refractivity contribution in [3.8, 4) is 0 Å². The van der Waals surface area contributed by atoms with Crippen molar-refractivity contribution in [2.45, 2.75) is 36.8 Å². The number of benzene rings is 2. The molecule has 10 nitrogen and oxygen atoms in total. The Labute approximate surface area is 235 Å². The Bertz CT molecular complexity index is 1420. The van der Waals surface area contributed by atoms with Crippen molar-refractivity contribution in [2.24, 2.45) is 0 Å². The maximum atomic E-state index is 12.8. The Kier molecular flexibility index (Phi) is 9.73. The molecule has 4 rings (SSSR count). The summed E-state index contributed by atoms with van der Waals surface area (Å²) < 4.78 is 27.1. The van der Waals surface area contributed by atoms with Gasteiger partial charge in [-0.1, -0.05) is 6.42 Å². The van der Waals surface area contributed by atoms with Gasteiger partial charge in [0.05, 0.1) is 16.3 Å². The number of hydrogen-bond donors (Lipinski definition) is 3. The molecule has 3 aromatic rings. The van der Waals surface area contributed by atoms with Crippen molar-refractivity contribution in [1.29, 1.82) is 0 Å². The summed E-state index contributed by atoms with van der Waals surface area (Å²) in [6.07, 6.45) is 2.75. The highest BCUT2D eigenvalue weighted by Gasteiger charge is 2.26. The first-order chi connectivity index (χ1) is 18.7. The summed E-state index contributed by atoms with van der Waals surface area (Å²) in [6.45, 7) is 2.47. The van der Waals surface area contributed by atoms with Crippen molar-refractivity contribution in [2.75, 3.05) is 34.8 Å². The predicted molar refractivity (Wildman–Crippen MR) is 155 cm³/mol. The smallest absolute Gasteiger partial charge is 0.257 e. The van der Waals surface area contributed by atoms with Crippen LogP contribution < -0.4 is 16.0 Å². The van der Waals surface area contributed by atoms with E-state index in [9.17, 15) is 22.8 Å². The van der Waals surface area contributed by atoms with Gasteiger partial charge in [0.25, 0.3) is 5.91 Å². The molecule has 1 saturated heterocycles. The Morgan fingerprint density at radius 2 is 1.56 bits per heavy atom. The quantitative estimate of drug-likeness (QED) is 0.320. The summed E-state index contributed by atoms with van der Waals surface area (Å²) in [7, 11) is -3.55. The number of aromatic nitrogens is 1. The third-order valence-electron chi connectivity index (χ3n) is 5.81. The van der Waals surface area contributed by atoms with Crippen molar-refractivity contribution >= 4 is 67.3 Å². The molecule has 13 heteroatoms. The highest BCUT2D eigenvalue weighted by Crippen LogP contribution is 2.23. The van der Waals surface area contributed by atoms with E-state index in [1.54, 1.807) is 24.3 Å². The Hall–Kier alpha value is -3.26. The van der Waals surface area contributed by atoms with Crippen molar-refractivity contribution < 1.29 is 22.8 Å². The summed E-state index contributed by atoms with van der Waals surface area (Å²) in [4.78, 5) is 40.6. The number of carbonyl (C=O) groups is 3. The van der Waals surface area contributed by atoms with Crippen LogP contribution in [-0.4, -0.2) is 54.3 Å². The molecule has 206 valence electrons. The van der Waals surface area contributed by atoms with Crippen molar-refractivity contribution in [3.05, 3.63) is 65.2 Å². The monoisotopic (exact) mass is 587 g/mol. The largest absolute Gasteiger partial charge is 0.326 e. The molecule has 39 heavy (non-hydrogen) atoms. The number of thioether (sulfide) groups is 1. The van der Waals surface area contributed by atoms with Crippen LogP contribution in [0, 0.1) is 0 Å². The third kappa shape index (κ3) is 8.12. The predicted octanol–water partition coefficient (Wildman–Crippen LogP) is 4.40. The van der Waals surface area contributed by atoms with E-state index in [0.29, 0.717) is 40.9 Å². The molecule has 1 aliphatic rings. The van der Waals surface area contributed by atoms with E-state index in [1.807, 2.05) is 5.38 Å². The molecule has 0 atom stereocenters. The van der Waals surface area contributed by atoms with E-state index >= 15 is 0 Å². The second kappa shape index (κ2) is 13.2. The van der Waals surface area contributed by atoms with Crippen LogP contribution in [0.15, 0.2) is 58.8 Å². The lowest BCUT2D eigenvalue weighted by Crippen LogP contribution is -2.35. The molecule has 1 aromatic heterocycles. The second-order valence-electron chi connectivity index (χ2n) is 8.89. The van der Waals surface area contributed by atoms with Gasteiger partial charge in [0, 0.05) is 48.1 Å². The molecule has 0 aliphatic carbocycles. The average molecular weight is 588 g/mol. The van der Waals surface area contributed by atoms with Crippen LogP contribution >= 0.6 is 23.1 Å². The Morgan fingerprint density at radius 3 is 2.21 bits per heavy atom. The van der Waals surface area contributed by atoms with Gasteiger partial charge in [0.15, 0.2) is 5.13 Å². The number of anilines is 3. The number of rotatable bonds is 10. The Balaban J connectivity index is 1.23. The molecule has 0 spiro atoms. The van der Waals surface area contributed by atoms with E-state index in [1.165, 1.54) is 58.6 Å². The molecule has 2 heterocycles. The van der Waals surface area contributed by atoms with Crippen molar-refractivity contribution in [3.63, 3.8) is 0 Å². The number of sulfonamides is 1. The molecular formula is C26H29N5O5S3. The van der Waals surface area contributed by atoms with Gasteiger partial charge in [-0.3, -0.25) is 19.7 Å². The lowest BCUT2D eigenvalue weighted by atomic mass is 10.2. The van der Waals surface area contributed by atoms with Gasteiger partial charge >= 0.3 is 0 Å². The van der Waals surface area contributed by atoms with Crippen LogP contribution in [0.5, 0.6) is 0 Å². The molecule has 0 unspecified atom stereocenters. The van der Waals surface area contributed by atoms with Crippen LogP contribution in [0.1, 0.15) is 42.2 Å². The normalized spacial score (nSPS) is 14.0. The highest BCUT2D eigenvalue weighted by atomic mass is 32.2. The van der Waals surface area contributed by atoms with E-state index < -0.39 is 10.0 Å². The summed E-state index contributed by atoms with van der Waals surface area (Å²) in [5, 5.41) is 10.4. The van der Waals surface area contributed by atoms with Gasteiger partial charge in [-0.05, 0) is 61.4 Å². The minimum absolute atomic E-state index is 0.164. The van der Waals surface area contributed by atoms with Crippen LogP contribution in [-0.2, 0) is 25.4 Å². The lowest BCUT2D eigenvalue weighted by Gasteiger charge is -2.25. The number of amides is 3. The maximum Gasteiger partial charge on any atom is 0.257 e. The molecular weight excluding hydrogens is 559 g/mol. The molecule has 1 aliphatic heterocycles. The minimum Gasteiger partial charge on any atom is -0.326 e. The van der Waals surface area contributed by atoms with Gasteiger partial charge in [0.1, 0.15) is 0 Å². The first-order valence-corrected chi connectivity index (χ1v) is 15.8. The number of carbonyl (C=O) groups excluding carboxylic acids is 3. The molecule has 3 N–H and O–H groups in total. The molecule has 0 radical (unpaired) electrons. The molecule has 1 fully saturated rings. The first kappa shape index (κ1) is 28.7. The van der Waals surface area contributed by atoms with Crippen LogP contribution in [0.2, 0.25) is 0 Å². The van der Waals surface area contributed by atoms with Crippen molar-refractivity contribution in [1.82, 2.24) is 9.29 Å². The fourth-order valence-electron chi connectivity index (χ4n) is 3.92. The van der Waals surface area contributed by atoms with E-state index in [4.69, 9.17) is 0 Å². The topological polar surface area (TPSA) is 138 Å². The third-order valence-corrected chi connectivity index (χ3v) is 9.50. The van der Waals surface area contributed by atoms with Crippen LogP contribution in [0.25, 0.3) is 0 Å². The standard InChI is InChI=1S/C26H29N5O5S3/c1-18(32)27-20-7-9-21(10-8-20)28-24(33)17-37-15-22-16-38-26(29-22)30-25(34)19-5-11-23(12-6-19)39(35,36)31-13-3-2-4-14-31/h5-12,16H,2-4,13-15,17H2,1H3,(H,27,32)(H,28,33)(H,29,30,34). The number of thiazole rings is 1. The molecule has 3 amide bonds. The molecule has 2 aromatic carbocycles. The maximum absolute atomic E-state index is 12.8. The van der Waals surface area contributed by atoms with E-state index in [0.717, 1.165) is 25.0 Å². The zero-order chi connectivity index (χ0) is 27.8. The van der Waals surface area contributed by atoms with Crippen LogP contribution in [0.3, 0.4) is 0 Å². The summed E-state index contributed by atoms with van der Waals surface area (Å²) in [6, 6.07) is 12.8. The fraction of sp³-hybridized carbons (Fsp3) is 0.308. The number of nitrogens with zero attached hydrogens (tertiary/aromatic N) is 2. The summed E-state index contributed by atoms with van der Waals surface area (Å²) >= 11 is 2.67. The minimum atomic E-state index is -3.55. The SMILES string of the molecule is CC(=O)Nc1ccc(NC(=O)CSCc2csc(NC(=O)c3ccc(S(=O)(=O)N4CCCCC4)cc3)n2)cc1. The van der Waals surface area contributed by atoms with Crippen LogP contribution in [0.4, 0.5) is 16.5 Å². The van der Waals surface area contributed by atoms with Gasteiger partial charge in [-0.15, -0.1) is 23.1 Å². The van der Waals surface area contributed by atoms with Gasteiger partial charge in [-0.25, -0.2) is 13.4 Å². The fourth-order valence-corrected chi connectivity index (χ4v) is 6.96. The van der Waals surface area contributed by atoms with Gasteiger partial charge < -0.3 is 10.6 Å². The van der Waals surface area contributed by atoms with E-state index in [-0.39, 0.29) is 28.4 Å². The lowest BCUT2D eigenvalue weighted by molar-refractivity contribution is -0.114. The van der Waals surface area contributed by atoms with E-state index in [2.05, 4.69) is 20.9 Å². The second-order valence-corrected chi connectivity index (χ2v) is 12.7. The molecule has 0 bridgehead atoms.